The van der Waals surface area contributed by atoms with Crippen molar-refractivity contribution in [1.82, 2.24) is 14.9 Å². The van der Waals surface area contributed by atoms with Crippen molar-refractivity contribution < 1.29 is 9.53 Å². The minimum atomic E-state index is -0.506. The van der Waals surface area contributed by atoms with Gasteiger partial charge < -0.3 is 14.5 Å². The fourth-order valence-corrected chi connectivity index (χ4v) is 3.90. The molecule has 3 aromatic rings. The zero-order chi connectivity index (χ0) is 24.1. The number of aliphatic imine (C=N–C) groups is 1. The van der Waals surface area contributed by atoms with Gasteiger partial charge in [-0.15, -0.1) is 0 Å². The number of anilines is 1. The standard InChI is InChI=1S/C27H31N5O2/c1-20-19-31(15-16-32(20)26(33)34-27(2,3)4)24-18-28-23(17-29-24)30-25(21-11-7-5-8-12-21)22-13-9-6-10-14-22/h5-14,17-18,20H,15-16,19H2,1-4H3/t20-/m0/s1. The molecule has 2 aromatic carbocycles. The highest BCUT2D eigenvalue weighted by atomic mass is 16.6. The van der Waals surface area contributed by atoms with E-state index in [0.29, 0.717) is 25.5 Å². The lowest BCUT2D eigenvalue weighted by Crippen LogP contribution is -2.55. The van der Waals surface area contributed by atoms with Gasteiger partial charge in [0.25, 0.3) is 0 Å². The Morgan fingerprint density at radius 2 is 1.56 bits per heavy atom. The van der Waals surface area contributed by atoms with Crippen molar-refractivity contribution >= 4 is 23.4 Å². The lowest BCUT2D eigenvalue weighted by molar-refractivity contribution is 0.0158. The molecule has 0 unspecified atom stereocenters. The van der Waals surface area contributed by atoms with Crippen molar-refractivity contribution in [2.24, 2.45) is 4.99 Å². The van der Waals surface area contributed by atoms with Crippen molar-refractivity contribution in [3.63, 3.8) is 0 Å². The summed E-state index contributed by atoms with van der Waals surface area (Å²) in [5, 5.41) is 0. The molecule has 1 saturated heterocycles. The average Bonchev–Trinajstić information content (AvgIpc) is 2.83. The van der Waals surface area contributed by atoms with Gasteiger partial charge in [-0.05, 0) is 27.7 Å². The van der Waals surface area contributed by atoms with Crippen LogP contribution >= 0.6 is 0 Å². The molecule has 7 heteroatoms. The van der Waals surface area contributed by atoms with Gasteiger partial charge in [0.2, 0.25) is 0 Å². The van der Waals surface area contributed by atoms with E-state index >= 15 is 0 Å². The van der Waals surface area contributed by atoms with Crippen molar-refractivity contribution in [3.8, 4) is 0 Å². The maximum Gasteiger partial charge on any atom is 0.410 e. The Morgan fingerprint density at radius 1 is 0.941 bits per heavy atom. The van der Waals surface area contributed by atoms with Crippen LogP contribution in [0.25, 0.3) is 0 Å². The summed E-state index contributed by atoms with van der Waals surface area (Å²) < 4.78 is 5.54. The van der Waals surface area contributed by atoms with E-state index < -0.39 is 5.60 Å². The highest BCUT2D eigenvalue weighted by Gasteiger charge is 2.31. The summed E-state index contributed by atoms with van der Waals surface area (Å²) in [6.07, 6.45) is 3.18. The lowest BCUT2D eigenvalue weighted by Gasteiger charge is -2.40. The predicted octanol–water partition coefficient (Wildman–Crippen LogP) is 5.09. The van der Waals surface area contributed by atoms with Gasteiger partial charge in [0.05, 0.1) is 18.1 Å². The summed E-state index contributed by atoms with van der Waals surface area (Å²) in [5.74, 6) is 1.32. The van der Waals surface area contributed by atoms with Crippen LogP contribution in [0.1, 0.15) is 38.8 Å². The second kappa shape index (κ2) is 10.0. The van der Waals surface area contributed by atoms with Gasteiger partial charge in [-0.2, -0.15) is 0 Å². The molecule has 0 N–H and O–H groups in total. The third-order valence-corrected chi connectivity index (χ3v) is 5.52. The molecule has 0 bridgehead atoms. The van der Waals surface area contributed by atoms with Gasteiger partial charge in [0, 0.05) is 36.8 Å². The molecule has 2 heterocycles. The Morgan fingerprint density at radius 3 is 2.06 bits per heavy atom. The van der Waals surface area contributed by atoms with E-state index in [0.717, 1.165) is 22.7 Å². The SMILES string of the molecule is C[C@H]1CN(c2cnc(N=C(c3ccccc3)c3ccccc3)cn2)CCN1C(=O)OC(C)(C)C. The van der Waals surface area contributed by atoms with Crippen LogP contribution in [0.5, 0.6) is 0 Å². The summed E-state index contributed by atoms with van der Waals surface area (Å²) in [7, 11) is 0. The number of benzene rings is 2. The first-order valence-electron chi connectivity index (χ1n) is 11.6. The quantitative estimate of drug-likeness (QED) is 0.510. The van der Waals surface area contributed by atoms with Gasteiger partial charge in [0.15, 0.2) is 5.82 Å². The molecule has 1 aromatic heterocycles. The van der Waals surface area contributed by atoms with E-state index in [9.17, 15) is 4.79 Å². The molecular formula is C27H31N5O2. The summed E-state index contributed by atoms with van der Waals surface area (Å²) in [5.41, 5.74) is 2.38. The average molecular weight is 458 g/mol. The zero-order valence-corrected chi connectivity index (χ0v) is 20.2. The maximum absolute atomic E-state index is 12.5. The minimum absolute atomic E-state index is 0.00543. The van der Waals surface area contributed by atoms with Crippen molar-refractivity contribution in [2.45, 2.75) is 39.3 Å². The Hall–Kier alpha value is -3.74. The number of ether oxygens (including phenoxy) is 1. The number of carbonyl (C=O) groups is 1. The Labute approximate surface area is 201 Å². The fourth-order valence-electron chi connectivity index (χ4n) is 3.90. The summed E-state index contributed by atoms with van der Waals surface area (Å²) >= 11 is 0. The molecule has 7 nitrogen and oxygen atoms in total. The number of rotatable bonds is 4. The smallest absolute Gasteiger partial charge is 0.410 e. The van der Waals surface area contributed by atoms with E-state index in [2.05, 4.69) is 14.9 Å². The maximum atomic E-state index is 12.5. The van der Waals surface area contributed by atoms with Gasteiger partial charge in [0.1, 0.15) is 11.4 Å². The van der Waals surface area contributed by atoms with E-state index in [-0.39, 0.29) is 12.1 Å². The predicted molar refractivity (Wildman–Crippen MR) is 135 cm³/mol. The molecule has 1 atom stereocenters. The van der Waals surface area contributed by atoms with E-state index in [1.54, 1.807) is 17.3 Å². The normalized spacial score (nSPS) is 16.2. The van der Waals surface area contributed by atoms with Gasteiger partial charge in [-0.25, -0.2) is 19.8 Å². The number of carbonyl (C=O) groups excluding carboxylic acids is 1. The molecule has 176 valence electrons. The number of aromatic nitrogens is 2. The van der Waals surface area contributed by atoms with E-state index in [1.165, 1.54) is 0 Å². The molecule has 0 aliphatic carbocycles. The van der Waals surface area contributed by atoms with E-state index in [1.807, 2.05) is 88.4 Å². The van der Waals surface area contributed by atoms with Crippen LogP contribution in [0.4, 0.5) is 16.4 Å². The second-order valence-corrected chi connectivity index (χ2v) is 9.39. The Bertz CT molecular complexity index is 1080. The second-order valence-electron chi connectivity index (χ2n) is 9.39. The Balaban J connectivity index is 1.50. The molecular weight excluding hydrogens is 426 g/mol. The number of amides is 1. The molecule has 0 saturated carbocycles. The fraction of sp³-hybridized carbons (Fsp3) is 0.333. The van der Waals surface area contributed by atoms with Crippen LogP contribution < -0.4 is 4.90 Å². The molecule has 0 radical (unpaired) electrons. The molecule has 1 fully saturated rings. The topological polar surface area (TPSA) is 70.9 Å². The van der Waals surface area contributed by atoms with Gasteiger partial charge in [-0.3, -0.25) is 0 Å². The van der Waals surface area contributed by atoms with Crippen LogP contribution in [0.2, 0.25) is 0 Å². The number of hydrogen-bond acceptors (Lipinski definition) is 6. The molecule has 1 aliphatic heterocycles. The van der Waals surface area contributed by atoms with E-state index in [4.69, 9.17) is 9.73 Å². The van der Waals surface area contributed by atoms with Crippen molar-refractivity contribution in [2.75, 3.05) is 24.5 Å². The molecule has 34 heavy (non-hydrogen) atoms. The first-order chi connectivity index (χ1) is 16.3. The number of hydrogen-bond donors (Lipinski definition) is 0. The highest BCUT2D eigenvalue weighted by Crippen LogP contribution is 2.21. The third-order valence-electron chi connectivity index (χ3n) is 5.52. The minimum Gasteiger partial charge on any atom is -0.444 e. The molecule has 0 spiro atoms. The highest BCUT2D eigenvalue weighted by molar-refractivity contribution is 6.13. The van der Waals surface area contributed by atoms with Crippen molar-refractivity contribution in [1.29, 1.82) is 0 Å². The lowest BCUT2D eigenvalue weighted by atomic mass is 10.0. The van der Waals surface area contributed by atoms with Gasteiger partial charge >= 0.3 is 6.09 Å². The first kappa shape index (κ1) is 23.4. The number of nitrogens with zero attached hydrogens (tertiary/aromatic N) is 5. The van der Waals surface area contributed by atoms with Crippen LogP contribution in [0.15, 0.2) is 78.0 Å². The summed E-state index contributed by atoms with van der Waals surface area (Å²) in [6, 6.07) is 20.2. The molecule has 1 aliphatic rings. The van der Waals surface area contributed by atoms with Crippen LogP contribution in [-0.2, 0) is 4.74 Å². The van der Waals surface area contributed by atoms with Crippen LogP contribution in [0, 0.1) is 0 Å². The largest absolute Gasteiger partial charge is 0.444 e. The summed E-state index contributed by atoms with van der Waals surface area (Å²) in [6.45, 7) is 9.57. The number of piperazine rings is 1. The van der Waals surface area contributed by atoms with Gasteiger partial charge in [-0.1, -0.05) is 60.7 Å². The zero-order valence-electron chi connectivity index (χ0n) is 20.2. The summed E-state index contributed by atoms with van der Waals surface area (Å²) in [4.78, 5) is 30.4. The molecule has 4 rings (SSSR count). The first-order valence-corrected chi connectivity index (χ1v) is 11.6. The monoisotopic (exact) mass is 457 g/mol. The molecule has 1 amide bonds. The Kier molecular flexibility index (Phi) is 6.91. The third kappa shape index (κ3) is 5.78. The van der Waals surface area contributed by atoms with Crippen LogP contribution in [0.3, 0.4) is 0 Å². The van der Waals surface area contributed by atoms with Crippen LogP contribution in [-0.4, -0.2) is 57.9 Å². The van der Waals surface area contributed by atoms with Crippen molar-refractivity contribution in [3.05, 3.63) is 84.2 Å².